The molecule has 4 heteroatoms. The van der Waals surface area contributed by atoms with E-state index in [1.54, 1.807) is 0 Å². The Bertz CT molecular complexity index is 790. The van der Waals surface area contributed by atoms with Gasteiger partial charge < -0.3 is 15.8 Å². The zero-order valence-electron chi connectivity index (χ0n) is 16.0. The maximum Gasteiger partial charge on any atom is 0.193 e. The van der Waals surface area contributed by atoms with Crippen LogP contribution in [0, 0.1) is 0 Å². The molecule has 138 valence electrons. The molecule has 0 unspecified atom stereocenters. The summed E-state index contributed by atoms with van der Waals surface area (Å²) >= 11 is 0. The Labute approximate surface area is 156 Å². The lowest BCUT2D eigenvalue weighted by molar-refractivity contribution is -0.0149. The quantitative estimate of drug-likeness (QED) is 0.619. The van der Waals surface area contributed by atoms with E-state index in [2.05, 4.69) is 67.5 Å². The van der Waals surface area contributed by atoms with Crippen molar-refractivity contribution in [3.8, 4) is 0 Å². The van der Waals surface area contributed by atoms with Gasteiger partial charge >= 0.3 is 0 Å². The fourth-order valence-electron chi connectivity index (χ4n) is 3.13. The molecule has 0 fully saturated rings. The molecule has 0 spiro atoms. The van der Waals surface area contributed by atoms with Crippen molar-refractivity contribution >= 4 is 11.6 Å². The van der Waals surface area contributed by atoms with E-state index in [9.17, 15) is 0 Å². The van der Waals surface area contributed by atoms with Gasteiger partial charge in [0.15, 0.2) is 5.96 Å². The Morgan fingerprint density at radius 2 is 1.85 bits per heavy atom. The summed E-state index contributed by atoms with van der Waals surface area (Å²) in [5.41, 5.74) is 12.1. The van der Waals surface area contributed by atoms with Crippen molar-refractivity contribution in [3.63, 3.8) is 0 Å². The van der Waals surface area contributed by atoms with Gasteiger partial charge in [-0.3, -0.25) is 0 Å². The Balaban J connectivity index is 1.58. The van der Waals surface area contributed by atoms with Crippen LogP contribution in [0.5, 0.6) is 0 Å². The van der Waals surface area contributed by atoms with Crippen LogP contribution in [0.1, 0.15) is 49.4 Å². The molecular formula is C22H29N3O. The average molecular weight is 351 g/mol. The standard InChI is InChI=1S/C22H29N3O/c1-22(2,3)26-15-17-7-4-6-16(12-17)14-24-21(23)25-20-11-10-18-8-5-9-19(18)13-20/h4,6-7,10-13H,5,8-9,14-15H2,1-3H3,(H3,23,24,25). The van der Waals surface area contributed by atoms with Gasteiger partial charge in [0.1, 0.15) is 0 Å². The molecule has 0 atom stereocenters. The van der Waals surface area contributed by atoms with Crippen LogP contribution in [0.25, 0.3) is 0 Å². The van der Waals surface area contributed by atoms with E-state index in [0.717, 1.165) is 23.2 Å². The minimum atomic E-state index is -0.141. The summed E-state index contributed by atoms with van der Waals surface area (Å²) in [5.74, 6) is 0.444. The van der Waals surface area contributed by atoms with Crippen molar-refractivity contribution in [1.82, 2.24) is 0 Å². The number of aryl methyl sites for hydroxylation is 2. The summed E-state index contributed by atoms with van der Waals surface area (Å²) in [7, 11) is 0. The molecule has 26 heavy (non-hydrogen) atoms. The fraction of sp³-hybridized carbons (Fsp3) is 0.409. The summed E-state index contributed by atoms with van der Waals surface area (Å²) < 4.78 is 5.84. The summed E-state index contributed by atoms with van der Waals surface area (Å²) in [6.07, 6.45) is 3.59. The van der Waals surface area contributed by atoms with Crippen molar-refractivity contribution in [2.24, 2.45) is 10.7 Å². The highest BCUT2D eigenvalue weighted by molar-refractivity contribution is 5.92. The van der Waals surface area contributed by atoms with Crippen molar-refractivity contribution in [2.45, 2.75) is 58.8 Å². The number of guanidine groups is 1. The second-order valence-electron chi connectivity index (χ2n) is 7.88. The van der Waals surface area contributed by atoms with E-state index in [1.807, 2.05) is 6.07 Å². The maximum absolute atomic E-state index is 6.07. The molecule has 2 aromatic carbocycles. The molecule has 0 aliphatic heterocycles. The van der Waals surface area contributed by atoms with E-state index in [0.29, 0.717) is 19.1 Å². The van der Waals surface area contributed by atoms with Gasteiger partial charge in [0.25, 0.3) is 0 Å². The zero-order valence-corrected chi connectivity index (χ0v) is 16.0. The zero-order chi connectivity index (χ0) is 18.6. The number of aliphatic imine (C=N–C) groups is 1. The minimum Gasteiger partial charge on any atom is -0.371 e. The third-order valence-electron chi connectivity index (χ3n) is 4.47. The first kappa shape index (κ1) is 18.5. The van der Waals surface area contributed by atoms with E-state index in [4.69, 9.17) is 10.5 Å². The molecule has 0 amide bonds. The lowest BCUT2D eigenvalue weighted by Crippen LogP contribution is -2.22. The number of hydrogen-bond acceptors (Lipinski definition) is 2. The number of nitrogens with zero attached hydrogens (tertiary/aromatic N) is 1. The highest BCUT2D eigenvalue weighted by Crippen LogP contribution is 2.24. The van der Waals surface area contributed by atoms with Crippen molar-refractivity contribution < 1.29 is 4.74 Å². The number of benzene rings is 2. The fourth-order valence-corrected chi connectivity index (χ4v) is 3.13. The number of rotatable bonds is 5. The van der Waals surface area contributed by atoms with E-state index >= 15 is 0 Å². The first-order chi connectivity index (χ1) is 12.4. The van der Waals surface area contributed by atoms with Crippen LogP contribution in [-0.4, -0.2) is 11.6 Å². The van der Waals surface area contributed by atoms with Gasteiger partial charge in [-0.2, -0.15) is 0 Å². The van der Waals surface area contributed by atoms with Crippen LogP contribution in [0.3, 0.4) is 0 Å². The van der Waals surface area contributed by atoms with E-state index in [-0.39, 0.29) is 5.60 Å². The van der Waals surface area contributed by atoms with Gasteiger partial charge in [0.05, 0.1) is 18.8 Å². The number of nitrogens with one attached hydrogen (secondary N) is 1. The Morgan fingerprint density at radius 1 is 1.08 bits per heavy atom. The molecule has 0 saturated carbocycles. The van der Waals surface area contributed by atoms with E-state index in [1.165, 1.54) is 24.0 Å². The predicted molar refractivity (Wildman–Crippen MR) is 108 cm³/mol. The van der Waals surface area contributed by atoms with Crippen LogP contribution in [0.2, 0.25) is 0 Å². The highest BCUT2D eigenvalue weighted by atomic mass is 16.5. The number of ether oxygens (including phenoxy) is 1. The van der Waals surface area contributed by atoms with Crippen molar-refractivity contribution in [2.75, 3.05) is 5.32 Å². The van der Waals surface area contributed by atoms with Gasteiger partial charge in [-0.15, -0.1) is 0 Å². The second kappa shape index (κ2) is 7.92. The lowest BCUT2D eigenvalue weighted by Gasteiger charge is -2.19. The van der Waals surface area contributed by atoms with Crippen LogP contribution in [0.15, 0.2) is 47.5 Å². The monoisotopic (exact) mass is 351 g/mol. The lowest BCUT2D eigenvalue weighted by atomic mass is 10.1. The molecule has 0 aromatic heterocycles. The SMILES string of the molecule is CC(C)(C)OCc1cccc(CN=C(N)Nc2ccc3c(c2)CCC3)c1. The van der Waals surface area contributed by atoms with Gasteiger partial charge in [0.2, 0.25) is 0 Å². The first-order valence-corrected chi connectivity index (χ1v) is 9.29. The first-order valence-electron chi connectivity index (χ1n) is 9.29. The van der Waals surface area contributed by atoms with Crippen LogP contribution < -0.4 is 11.1 Å². The molecule has 4 nitrogen and oxygen atoms in total. The number of anilines is 1. The molecular weight excluding hydrogens is 322 g/mol. The van der Waals surface area contributed by atoms with Crippen molar-refractivity contribution in [1.29, 1.82) is 0 Å². The molecule has 0 bridgehead atoms. The Kier molecular flexibility index (Phi) is 5.62. The molecule has 0 saturated heterocycles. The van der Waals surface area contributed by atoms with Gasteiger partial charge in [-0.1, -0.05) is 30.3 Å². The average Bonchev–Trinajstić information content (AvgIpc) is 3.06. The predicted octanol–water partition coefficient (Wildman–Crippen LogP) is 4.42. The minimum absolute atomic E-state index is 0.141. The van der Waals surface area contributed by atoms with Gasteiger partial charge in [-0.25, -0.2) is 4.99 Å². The van der Waals surface area contributed by atoms with Crippen LogP contribution in [0.4, 0.5) is 5.69 Å². The molecule has 1 aliphatic rings. The Hall–Kier alpha value is -2.33. The molecule has 1 aliphatic carbocycles. The molecule has 0 radical (unpaired) electrons. The topological polar surface area (TPSA) is 59.6 Å². The van der Waals surface area contributed by atoms with Crippen molar-refractivity contribution in [3.05, 3.63) is 64.7 Å². The third kappa shape index (κ3) is 5.33. The summed E-state index contributed by atoms with van der Waals surface area (Å²) in [6, 6.07) is 14.8. The molecule has 0 heterocycles. The molecule has 2 aromatic rings. The van der Waals surface area contributed by atoms with Crippen LogP contribution in [-0.2, 0) is 30.7 Å². The van der Waals surface area contributed by atoms with Gasteiger partial charge in [0, 0.05) is 5.69 Å². The number of fused-ring (bicyclic) bond motifs is 1. The van der Waals surface area contributed by atoms with Crippen LogP contribution >= 0.6 is 0 Å². The maximum atomic E-state index is 6.07. The number of hydrogen-bond donors (Lipinski definition) is 2. The second-order valence-corrected chi connectivity index (χ2v) is 7.88. The largest absolute Gasteiger partial charge is 0.371 e. The normalized spacial score (nSPS) is 14.3. The molecule has 3 N–H and O–H groups in total. The highest BCUT2D eigenvalue weighted by Gasteiger charge is 2.11. The summed E-state index contributed by atoms with van der Waals surface area (Å²) in [4.78, 5) is 4.48. The van der Waals surface area contributed by atoms with Gasteiger partial charge in [-0.05, 0) is 74.4 Å². The Morgan fingerprint density at radius 3 is 2.65 bits per heavy atom. The summed E-state index contributed by atoms with van der Waals surface area (Å²) in [6.45, 7) is 7.34. The smallest absolute Gasteiger partial charge is 0.193 e. The molecule has 3 rings (SSSR count). The summed E-state index contributed by atoms with van der Waals surface area (Å²) in [5, 5.41) is 3.20. The number of nitrogens with two attached hydrogens (primary N) is 1. The van der Waals surface area contributed by atoms with E-state index < -0.39 is 0 Å². The third-order valence-corrected chi connectivity index (χ3v) is 4.47.